The number of fused-ring (bicyclic) bond motifs is 1. The lowest BCUT2D eigenvalue weighted by Crippen LogP contribution is -2.21. The molecule has 2 N–H and O–H groups in total. The van der Waals surface area contributed by atoms with Crippen LogP contribution in [0.4, 0.5) is 5.95 Å². The summed E-state index contributed by atoms with van der Waals surface area (Å²) in [5.41, 5.74) is 1.85. The van der Waals surface area contributed by atoms with E-state index in [1.54, 1.807) is 6.07 Å². The summed E-state index contributed by atoms with van der Waals surface area (Å²) >= 11 is 0. The van der Waals surface area contributed by atoms with E-state index >= 15 is 0 Å². The number of hydrogen-bond acceptors (Lipinski definition) is 6. The second kappa shape index (κ2) is 7.44. The third-order valence-electron chi connectivity index (χ3n) is 4.96. The van der Waals surface area contributed by atoms with Gasteiger partial charge in [-0.1, -0.05) is 24.3 Å². The van der Waals surface area contributed by atoms with Gasteiger partial charge in [0.25, 0.3) is 5.91 Å². The van der Waals surface area contributed by atoms with Gasteiger partial charge in [0, 0.05) is 24.8 Å². The third kappa shape index (κ3) is 3.59. The van der Waals surface area contributed by atoms with Crippen molar-refractivity contribution in [1.82, 2.24) is 29.9 Å². The van der Waals surface area contributed by atoms with Crippen molar-refractivity contribution in [3.63, 3.8) is 0 Å². The van der Waals surface area contributed by atoms with Gasteiger partial charge in [-0.25, -0.2) is 4.98 Å². The average Bonchev–Trinajstić information content (AvgIpc) is 3.44. The Balaban J connectivity index is 1.30. The Morgan fingerprint density at radius 1 is 1.10 bits per heavy atom. The van der Waals surface area contributed by atoms with E-state index in [9.17, 15) is 4.79 Å². The van der Waals surface area contributed by atoms with Gasteiger partial charge in [-0.2, -0.15) is 10.1 Å². The molecular formula is C20H19N7O2. The first-order valence-electron chi connectivity index (χ1n) is 9.49. The first-order valence-corrected chi connectivity index (χ1v) is 9.49. The van der Waals surface area contributed by atoms with Crippen molar-refractivity contribution in [3.8, 4) is 11.5 Å². The number of aromatic amines is 1. The van der Waals surface area contributed by atoms with Gasteiger partial charge in [0.05, 0.1) is 11.6 Å². The molecule has 146 valence electrons. The maximum absolute atomic E-state index is 12.5. The molecule has 1 fully saturated rings. The number of pyridine rings is 1. The highest BCUT2D eigenvalue weighted by atomic mass is 16.5. The molecule has 1 saturated heterocycles. The number of hydrogen-bond donors (Lipinski definition) is 2. The van der Waals surface area contributed by atoms with E-state index in [-0.39, 0.29) is 17.9 Å². The molecule has 0 saturated carbocycles. The van der Waals surface area contributed by atoms with Gasteiger partial charge in [-0.05, 0) is 31.0 Å². The highest BCUT2D eigenvalue weighted by Crippen LogP contribution is 2.21. The van der Waals surface area contributed by atoms with Gasteiger partial charge in [-0.3, -0.25) is 19.9 Å². The molecule has 29 heavy (non-hydrogen) atoms. The summed E-state index contributed by atoms with van der Waals surface area (Å²) in [4.78, 5) is 21.4. The van der Waals surface area contributed by atoms with Gasteiger partial charge < -0.3 is 4.74 Å². The maximum Gasteiger partial charge on any atom is 0.278 e. The van der Waals surface area contributed by atoms with Gasteiger partial charge in [-0.15, -0.1) is 5.10 Å². The lowest BCUT2D eigenvalue weighted by molar-refractivity contribution is 0.0661. The Morgan fingerprint density at radius 2 is 1.97 bits per heavy atom. The summed E-state index contributed by atoms with van der Waals surface area (Å²) < 4.78 is 7.20. The Kier molecular flexibility index (Phi) is 4.49. The monoisotopic (exact) mass is 389 g/mol. The third-order valence-corrected chi connectivity index (χ3v) is 4.96. The average molecular weight is 389 g/mol. The van der Waals surface area contributed by atoms with Crippen molar-refractivity contribution in [3.05, 3.63) is 54.4 Å². The van der Waals surface area contributed by atoms with E-state index in [1.807, 2.05) is 47.3 Å². The fourth-order valence-corrected chi connectivity index (χ4v) is 3.41. The summed E-state index contributed by atoms with van der Waals surface area (Å²) in [5.74, 6) is 0.312. The molecule has 5 rings (SSSR count). The van der Waals surface area contributed by atoms with Crippen LogP contribution in [0.2, 0.25) is 0 Å². The lowest BCUT2D eigenvalue weighted by Gasteiger charge is -2.22. The molecule has 0 radical (unpaired) electrons. The minimum Gasteiger partial charge on any atom is -0.381 e. The first kappa shape index (κ1) is 17.5. The number of benzene rings is 1. The number of anilines is 1. The molecule has 0 atom stereocenters. The quantitative estimate of drug-likeness (QED) is 0.555. The number of amides is 1. The molecule has 4 aromatic rings. The van der Waals surface area contributed by atoms with Crippen molar-refractivity contribution in [2.45, 2.75) is 18.9 Å². The van der Waals surface area contributed by atoms with E-state index in [0.29, 0.717) is 17.2 Å². The molecule has 0 spiro atoms. The molecule has 1 amide bonds. The Morgan fingerprint density at radius 3 is 2.86 bits per heavy atom. The number of nitrogens with zero attached hydrogens (tertiary/aromatic N) is 5. The number of ether oxygens (including phenoxy) is 1. The summed E-state index contributed by atoms with van der Waals surface area (Å²) in [6, 6.07) is 13.6. The molecule has 1 aliphatic heterocycles. The zero-order valence-corrected chi connectivity index (χ0v) is 15.6. The van der Waals surface area contributed by atoms with Crippen molar-refractivity contribution in [2.75, 3.05) is 18.5 Å². The molecule has 0 aliphatic carbocycles. The highest BCUT2D eigenvalue weighted by Gasteiger charge is 2.19. The zero-order valence-electron chi connectivity index (χ0n) is 15.6. The number of aromatic nitrogens is 6. The fourth-order valence-electron chi connectivity index (χ4n) is 3.41. The van der Waals surface area contributed by atoms with Crippen molar-refractivity contribution in [1.29, 1.82) is 0 Å². The minimum absolute atomic E-state index is 0.181. The molecule has 1 aliphatic rings. The summed E-state index contributed by atoms with van der Waals surface area (Å²) in [7, 11) is 0. The molecule has 1 aromatic carbocycles. The van der Waals surface area contributed by atoms with Gasteiger partial charge in [0.15, 0.2) is 11.5 Å². The number of para-hydroxylation sites is 1. The van der Waals surface area contributed by atoms with E-state index in [0.717, 1.165) is 37.0 Å². The predicted molar refractivity (Wildman–Crippen MR) is 106 cm³/mol. The molecule has 0 bridgehead atoms. The zero-order chi connectivity index (χ0) is 19.6. The Labute approximate surface area is 166 Å². The van der Waals surface area contributed by atoms with Crippen molar-refractivity contribution in [2.24, 2.45) is 0 Å². The first-order chi connectivity index (χ1) is 14.3. The molecular weight excluding hydrogens is 370 g/mol. The second-order valence-corrected chi connectivity index (χ2v) is 6.88. The summed E-state index contributed by atoms with van der Waals surface area (Å²) in [5, 5.41) is 15.0. The number of carbonyl (C=O) groups is 1. The number of nitrogens with one attached hydrogen (secondary N) is 2. The van der Waals surface area contributed by atoms with E-state index < -0.39 is 0 Å². The maximum atomic E-state index is 12.5. The smallest absolute Gasteiger partial charge is 0.278 e. The minimum atomic E-state index is -0.354. The normalized spacial score (nSPS) is 14.9. The van der Waals surface area contributed by atoms with E-state index in [1.165, 1.54) is 0 Å². The van der Waals surface area contributed by atoms with Crippen LogP contribution in [0.25, 0.3) is 22.4 Å². The molecule has 9 nitrogen and oxygen atoms in total. The van der Waals surface area contributed by atoms with Gasteiger partial charge >= 0.3 is 0 Å². The summed E-state index contributed by atoms with van der Waals surface area (Å²) in [6.07, 6.45) is 3.62. The van der Waals surface area contributed by atoms with Crippen LogP contribution in [0.15, 0.2) is 48.7 Å². The molecule has 9 heteroatoms. The predicted octanol–water partition coefficient (Wildman–Crippen LogP) is 2.82. The van der Waals surface area contributed by atoms with Gasteiger partial charge in [0.1, 0.15) is 5.69 Å². The van der Waals surface area contributed by atoms with Crippen LogP contribution in [0.5, 0.6) is 0 Å². The Hall–Kier alpha value is -3.59. The number of carbonyl (C=O) groups excluding carboxylic acids is 1. The van der Waals surface area contributed by atoms with E-state index in [2.05, 4.69) is 30.6 Å². The van der Waals surface area contributed by atoms with Gasteiger partial charge in [0.2, 0.25) is 5.95 Å². The van der Waals surface area contributed by atoms with Crippen LogP contribution in [-0.4, -0.2) is 49.1 Å². The van der Waals surface area contributed by atoms with Crippen LogP contribution < -0.4 is 5.32 Å². The van der Waals surface area contributed by atoms with Crippen LogP contribution in [0.1, 0.15) is 29.4 Å². The highest BCUT2D eigenvalue weighted by molar-refractivity contribution is 6.01. The summed E-state index contributed by atoms with van der Waals surface area (Å²) in [6.45, 7) is 1.43. The largest absolute Gasteiger partial charge is 0.381 e. The second-order valence-electron chi connectivity index (χ2n) is 6.88. The number of rotatable bonds is 4. The van der Waals surface area contributed by atoms with E-state index in [4.69, 9.17) is 4.74 Å². The number of H-pyrrole nitrogens is 1. The van der Waals surface area contributed by atoms with Crippen molar-refractivity contribution < 1.29 is 9.53 Å². The van der Waals surface area contributed by atoms with Crippen LogP contribution in [0, 0.1) is 0 Å². The fraction of sp³-hybridized carbons (Fsp3) is 0.250. The lowest BCUT2D eigenvalue weighted by atomic mass is 10.1. The molecule has 4 heterocycles. The Bertz CT molecular complexity index is 1160. The van der Waals surface area contributed by atoms with Crippen molar-refractivity contribution >= 4 is 22.8 Å². The SMILES string of the molecule is O=C(Nc1n[nH]c(-c2ccc3ccccc3n2)n1)c1ccn(C2CCOCC2)n1. The van der Waals surface area contributed by atoms with Crippen LogP contribution >= 0.6 is 0 Å². The van der Waals surface area contributed by atoms with Crippen LogP contribution in [0.3, 0.4) is 0 Å². The standard InChI is InChI=1S/C20H19N7O2/c28-19(17-7-10-27(26-17)14-8-11-29-12-9-14)23-20-22-18(24-25-20)16-6-5-13-3-1-2-4-15(13)21-16/h1-7,10,14H,8-9,11-12H2,(H2,22,23,24,25,28). The van der Waals surface area contributed by atoms with Crippen LogP contribution in [-0.2, 0) is 4.74 Å². The topological polar surface area (TPSA) is 111 Å². The molecule has 0 unspecified atom stereocenters. The molecule has 3 aromatic heterocycles.